The second-order valence-corrected chi connectivity index (χ2v) is 5.24. The van der Waals surface area contributed by atoms with Crippen molar-refractivity contribution in [1.82, 2.24) is 4.57 Å². The van der Waals surface area contributed by atoms with E-state index >= 15 is 0 Å². The average molecular weight is 259 g/mol. The number of aromatic nitrogens is 1. The SMILES string of the molecule is CC(C)CCOCCn1ccc2ccc(C=O)cc21. The van der Waals surface area contributed by atoms with Crippen LogP contribution in [0.1, 0.15) is 30.6 Å². The predicted molar refractivity (Wildman–Crippen MR) is 77.6 cm³/mol. The number of benzene rings is 1. The molecule has 0 aliphatic rings. The molecule has 3 heteroatoms. The molecular formula is C16H21NO2. The molecule has 0 N–H and O–H groups in total. The molecule has 0 unspecified atom stereocenters. The van der Waals surface area contributed by atoms with E-state index < -0.39 is 0 Å². The van der Waals surface area contributed by atoms with Crippen LogP contribution in [0.5, 0.6) is 0 Å². The molecule has 0 aliphatic carbocycles. The van der Waals surface area contributed by atoms with Gasteiger partial charge in [-0.3, -0.25) is 4.79 Å². The molecule has 19 heavy (non-hydrogen) atoms. The Morgan fingerprint density at radius 2 is 2.11 bits per heavy atom. The van der Waals surface area contributed by atoms with E-state index in [9.17, 15) is 4.79 Å². The molecule has 2 aromatic rings. The van der Waals surface area contributed by atoms with Gasteiger partial charge in [0.25, 0.3) is 0 Å². The van der Waals surface area contributed by atoms with Crippen LogP contribution in [0.3, 0.4) is 0 Å². The van der Waals surface area contributed by atoms with E-state index in [4.69, 9.17) is 4.74 Å². The minimum atomic E-state index is 0.683. The summed E-state index contributed by atoms with van der Waals surface area (Å²) in [6.07, 6.45) is 4.03. The van der Waals surface area contributed by atoms with Crippen LogP contribution in [-0.4, -0.2) is 24.1 Å². The van der Waals surface area contributed by atoms with Gasteiger partial charge in [0.1, 0.15) is 6.29 Å². The second-order valence-electron chi connectivity index (χ2n) is 5.24. The van der Waals surface area contributed by atoms with Crippen molar-refractivity contribution in [3.8, 4) is 0 Å². The number of nitrogens with zero attached hydrogens (tertiary/aromatic N) is 1. The zero-order valence-electron chi connectivity index (χ0n) is 11.6. The number of hydrogen-bond acceptors (Lipinski definition) is 2. The van der Waals surface area contributed by atoms with Gasteiger partial charge >= 0.3 is 0 Å². The van der Waals surface area contributed by atoms with Crippen molar-refractivity contribution in [2.45, 2.75) is 26.8 Å². The minimum Gasteiger partial charge on any atom is -0.380 e. The Balaban J connectivity index is 1.95. The van der Waals surface area contributed by atoms with E-state index in [0.717, 1.165) is 36.8 Å². The van der Waals surface area contributed by atoms with Crippen molar-refractivity contribution in [1.29, 1.82) is 0 Å². The van der Waals surface area contributed by atoms with Crippen LogP contribution in [0.25, 0.3) is 10.9 Å². The van der Waals surface area contributed by atoms with Gasteiger partial charge in [0.2, 0.25) is 0 Å². The van der Waals surface area contributed by atoms with Crippen molar-refractivity contribution in [3.63, 3.8) is 0 Å². The Bertz CT molecular complexity index is 543. The Morgan fingerprint density at radius 3 is 2.84 bits per heavy atom. The summed E-state index contributed by atoms with van der Waals surface area (Å²) in [7, 11) is 0. The van der Waals surface area contributed by atoms with Gasteiger partial charge in [0.15, 0.2) is 0 Å². The molecule has 0 saturated heterocycles. The lowest BCUT2D eigenvalue weighted by Crippen LogP contribution is -2.07. The van der Waals surface area contributed by atoms with Gasteiger partial charge in [-0.2, -0.15) is 0 Å². The van der Waals surface area contributed by atoms with E-state index in [2.05, 4.69) is 24.5 Å². The third-order valence-electron chi connectivity index (χ3n) is 3.25. The standard InChI is InChI=1S/C16H21NO2/c1-13(2)6-9-19-10-8-17-7-5-15-4-3-14(12-18)11-16(15)17/h3-5,7,11-13H,6,8-10H2,1-2H3. The van der Waals surface area contributed by atoms with Crippen LogP contribution in [0.2, 0.25) is 0 Å². The van der Waals surface area contributed by atoms with Gasteiger partial charge in [-0.05, 0) is 29.9 Å². The molecule has 102 valence electrons. The van der Waals surface area contributed by atoms with Crippen molar-refractivity contribution < 1.29 is 9.53 Å². The molecule has 0 saturated carbocycles. The first-order chi connectivity index (χ1) is 9.20. The zero-order chi connectivity index (χ0) is 13.7. The van der Waals surface area contributed by atoms with E-state index in [1.165, 1.54) is 0 Å². The molecule has 0 aliphatic heterocycles. The molecule has 3 nitrogen and oxygen atoms in total. The molecule has 1 heterocycles. The van der Waals surface area contributed by atoms with Crippen molar-refractivity contribution in [2.24, 2.45) is 5.92 Å². The van der Waals surface area contributed by atoms with Gasteiger partial charge in [0, 0.05) is 30.4 Å². The highest BCUT2D eigenvalue weighted by molar-refractivity contribution is 5.87. The van der Waals surface area contributed by atoms with E-state index in [1.807, 2.05) is 24.4 Å². The first-order valence-corrected chi connectivity index (χ1v) is 6.82. The molecule has 0 radical (unpaired) electrons. The predicted octanol–water partition coefficient (Wildman–Crippen LogP) is 3.52. The number of fused-ring (bicyclic) bond motifs is 1. The normalized spacial score (nSPS) is 11.3. The number of rotatable bonds is 7. The van der Waals surface area contributed by atoms with E-state index in [0.29, 0.717) is 18.1 Å². The third-order valence-corrected chi connectivity index (χ3v) is 3.25. The summed E-state index contributed by atoms with van der Waals surface area (Å²) in [5.41, 5.74) is 1.81. The fourth-order valence-electron chi connectivity index (χ4n) is 2.05. The Morgan fingerprint density at radius 1 is 1.26 bits per heavy atom. The first-order valence-electron chi connectivity index (χ1n) is 6.82. The lowest BCUT2D eigenvalue weighted by Gasteiger charge is -2.08. The van der Waals surface area contributed by atoms with Crippen LogP contribution >= 0.6 is 0 Å². The maximum absolute atomic E-state index is 10.8. The topological polar surface area (TPSA) is 31.2 Å². The first kappa shape index (κ1) is 13.8. The van der Waals surface area contributed by atoms with Crippen LogP contribution < -0.4 is 0 Å². The molecule has 0 spiro atoms. The molecule has 0 amide bonds. The smallest absolute Gasteiger partial charge is 0.150 e. The number of ether oxygens (including phenoxy) is 1. The molecule has 0 fully saturated rings. The molecular weight excluding hydrogens is 238 g/mol. The summed E-state index contributed by atoms with van der Waals surface area (Å²) in [6, 6.07) is 7.82. The molecule has 2 rings (SSSR count). The fraction of sp³-hybridized carbons (Fsp3) is 0.438. The average Bonchev–Trinajstić information content (AvgIpc) is 2.80. The largest absolute Gasteiger partial charge is 0.380 e. The van der Waals surface area contributed by atoms with E-state index in [-0.39, 0.29) is 0 Å². The maximum Gasteiger partial charge on any atom is 0.150 e. The third kappa shape index (κ3) is 3.67. The maximum atomic E-state index is 10.8. The van der Waals surface area contributed by atoms with Crippen molar-refractivity contribution in [2.75, 3.05) is 13.2 Å². The summed E-state index contributed by atoms with van der Waals surface area (Å²) in [5.74, 6) is 0.683. The quantitative estimate of drug-likeness (QED) is 0.563. The van der Waals surface area contributed by atoms with Crippen molar-refractivity contribution in [3.05, 3.63) is 36.0 Å². The summed E-state index contributed by atoms with van der Waals surface area (Å²) in [5, 5.41) is 1.16. The van der Waals surface area contributed by atoms with Crippen molar-refractivity contribution >= 4 is 17.2 Å². The second kappa shape index (κ2) is 6.53. The Labute approximate surface area is 114 Å². The monoisotopic (exact) mass is 259 g/mol. The molecule has 1 aromatic heterocycles. The minimum absolute atomic E-state index is 0.683. The number of carbonyl (C=O) groups excluding carboxylic acids is 1. The van der Waals surface area contributed by atoms with Gasteiger partial charge in [0.05, 0.1) is 6.61 Å². The van der Waals surface area contributed by atoms with Gasteiger partial charge in [-0.25, -0.2) is 0 Å². The number of hydrogen-bond donors (Lipinski definition) is 0. The van der Waals surface area contributed by atoms with Gasteiger partial charge < -0.3 is 9.30 Å². The van der Waals surface area contributed by atoms with Crippen LogP contribution in [0, 0.1) is 5.92 Å². The zero-order valence-corrected chi connectivity index (χ0v) is 11.6. The highest BCUT2D eigenvalue weighted by Crippen LogP contribution is 2.17. The molecule has 1 aromatic carbocycles. The molecule has 0 atom stereocenters. The summed E-state index contributed by atoms with van der Waals surface area (Å²) in [4.78, 5) is 10.8. The highest BCUT2D eigenvalue weighted by atomic mass is 16.5. The van der Waals surface area contributed by atoms with E-state index in [1.54, 1.807) is 0 Å². The van der Waals surface area contributed by atoms with Gasteiger partial charge in [-0.15, -0.1) is 0 Å². The number of carbonyl (C=O) groups is 1. The highest BCUT2D eigenvalue weighted by Gasteiger charge is 2.02. The fourth-order valence-corrected chi connectivity index (χ4v) is 2.05. The van der Waals surface area contributed by atoms with Gasteiger partial charge in [-0.1, -0.05) is 26.0 Å². The Hall–Kier alpha value is -1.61. The molecule has 0 bridgehead atoms. The van der Waals surface area contributed by atoms with Crippen LogP contribution in [0.15, 0.2) is 30.5 Å². The lowest BCUT2D eigenvalue weighted by molar-refractivity contribution is 0.112. The van der Waals surface area contributed by atoms with Crippen LogP contribution in [0.4, 0.5) is 0 Å². The lowest BCUT2D eigenvalue weighted by atomic mass is 10.1. The summed E-state index contributed by atoms with van der Waals surface area (Å²) >= 11 is 0. The number of aldehydes is 1. The van der Waals surface area contributed by atoms with Crippen LogP contribution in [-0.2, 0) is 11.3 Å². The summed E-state index contributed by atoms with van der Waals surface area (Å²) in [6.45, 7) is 6.75. The Kier molecular flexibility index (Phi) is 4.74. The summed E-state index contributed by atoms with van der Waals surface area (Å²) < 4.78 is 7.77.